The molecule has 1 aliphatic heterocycles. The van der Waals surface area contributed by atoms with E-state index in [1.807, 2.05) is 41.1 Å². The number of carbonyl (C=O) groups is 1. The highest BCUT2D eigenvalue weighted by atomic mass is 35.5. The van der Waals surface area contributed by atoms with Gasteiger partial charge < -0.3 is 14.6 Å². The monoisotopic (exact) mass is 362 g/mol. The van der Waals surface area contributed by atoms with E-state index in [0.29, 0.717) is 31.3 Å². The van der Waals surface area contributed by atoms with E-state index in [-0.39, 0.29) is 5.91 Å². The van der Waals surface area contributed by atoms with Gasteiger partial charge in [0.25, 0.3) is 0 Å². The normalized spacial score (nSPS) is 14.0. The van der Waals surface area contributed by atoms with Gasteiger partial charge in [-0.1, -0.05) is 11.6 Å². The van der Waals surface area contributed by atoms with E-state index in [1.54, 1.807) is 7.11 Å². The quantitative estimate of drug-likeness (QED) is 0.855. The molecule has 0 unspecified atom stereocenters. The number of aromatic amines is 1. The number of ether oxygens (including phenoxy) is 1. The minimum atomic E-state index is 0.131. The average Bonchev–Trinajstić information content (AvgIpc) is 3.03. The minimum absolute atomic E-state index is 0.131. The first-order chi connectivity index (χ1) is 12.1. The third-order valence-corrected chi connectivity index (χ3v) is 4.64. The van der Waals surface area contributed by atoms with E-state index in [1.165, 1.54) is 0 Å². The Balaban J connectivity index is 1.65. The van der Waals surface area contributed by atoms with Gasteiger partial charge in [0.15, 0.2) is 0 Å². The van der Waals surface area contributed by atoms with E-state index in [9.17, 15) is 4.79 Å². The van der Waals surface area contributed by atoms with Crippen molar-refractivity contribution >= 4 is 17.5 Å². The number of carbonyl (C=O) groups excluding carboxylic acids is 1. The molecule has 1 aromatic carbocycles. The summed E-state index contributed by atoms with van der Waals surface area (Å²) in [6, 6.07) is 7.59. The molecule has 25 heavy (non-hydrogen) atoms. The summed E-state index contributed by atoms with van der Waals surface area (Å²) in [5, 5.41) is 0.703. The van der Waals surface area contributed by atoms with Crippen LogP contribution in [0.3, 0.4) is 0 Å². The molecule has 0 saturated carbocycles. The molecule has 0 atom stereocenters. The molecule has 6 nitrogen and oxygen atoms in total. The molecule has 134 valence electrons. The molecule has 1 aliphatic rings. The van der Waals surface area contributed by atoms with Gasteiger partial charge in [0.2, 0.25) is 5.91 Å². The number of aromatic nitrogens is 2. The number of methoxy groups -OCH3 is 1. The van der Waals surface area contributed by atoms with Gasteiger partial charge in [-0.2, -0.15) is 0 Å². The molecule has 0 aliphatic carbocycles. The summed E-state index contributed by atoms with van der Waals surface area (Å²) in [4.78, 5) is 24.4. The van der Waals surface area contributed by atoms with Gasteiger partial charge in [0.1, 0.15) is 5.82 Å². The number of H-pyrrole nitrogens is 1. The molecular weight excluding hydrogens is 340 g/mol. The SMILES string of the molecule is COCCN(C)CC(=O)N1CCc2nc(-c3ccc(Cl)cc3)[nH]c2C1. The molecule has 3 rings (SSSR count). The van der Waals surface area contributed by atoms with Crippen LogP contribution < -0.4 is 0 Å². The second kappa shape index (κ2) is 7.99. The Morgan fingerprint density at radius 2 is 2.16 bits per heavy atom. The standard InChI is InChI=1S/C18H23ClN4O2/c1-22(9-10-25-2)12-17(24)23-8-7-15-16(11-23)21-18(20-15)13-3-5-14(19)6-4-13/h3-6H,7-12H2,1-2H3,(H,20,21). The van der Waals surface area contributed by atoms with Gasteiger partial charge in [-0.25, -0.2) is 4.98 Å². The van der Waals surface area contributed by atoms with Crippen molar-refractivity contribution in [2.45, 2.75) is 13.0 Å². The number of halogens is 1. The molecule has 2 aromatic rings. The van der Waals surface area contributed by atoms with E-state index in [4.69, 9.17) is 16.3 Å². The van der Waals surface area contributed by atoms with Gasteiger partial charge in [-0.15, -0.1) is 0 Å². The molecule has 1 N–H and O–H groups in total. The number of hydrogen-bond donors (Lipinski definition) is 1. The fourth-order valence-corrected chi connectivity index (χ4v) is 3.03. The third kappa shape index (κ3) is 4.39. The van der Waals surface area contributed by atoms with Gasteiger partial charge in [0.05, 0.1) is 31.1 Å². The van der Waals surface area contributed by atoms with E-state index in [0.717, 1.165) is 35.7 Å². The lowest BCUT2D eigenvalue weighted by molar-refractivity contribution is -0.133. The number of amides is 1. The average molecular weight is 363 g/mol. The van der Waals surface area contributed by atoms with Crippen molar-refractivity contribution in [1.82, 2.24) is 19.8 Å². The van der Waals surface area contributed by atoms with Crippen LogP contribution >= 0.6 is 11.6 Å². The lowest BCUT2D eigenvalue weighted by Crippen LogP contribution is -2.42. The third-order valence-electron chi connectivity index (χ3n) is 4.38. The van der Waals surface area contributed by atoms with Gasteiger partial charge >= 0.3 is 0 Å². The van der Waals surface area contributed by atoms with Crippen molar-refractivity contribution in [2.75, 3.05) is 40.4 Å². The van der Waals surface area contributed by atoms with Crippen molar-refractivity contribution in [3.8, 4) is 11.4 Å². The molecule has 1 amide bonds. The summed E-state index contributed by atoms with van der Waals surface area (Å²) in [6.45, 7) is 3.05. The summed E-state index contributed by atoms with van der Waals surface area (Å²) in [5.41, 5.74) is 3.06. The highest BCUT2D eigenvalue weighted by Crippen LogP contribution is 2.24. The Morgan fingerprint density at radius 3 is 2.88 bits per heavy atom. The van der Waals surface area contributed by atoms with Crippen LogP contribution in [0.2, 0.25) is 5.02 Å². The molecule has 0 saturated heterocycles. The van der Waals surface area contributed by atoms with Crippen molar-refractivity contribution in [3.05, 3.63) is 40.7 Å². The van der Waals surface area contributed by atoms with E-state index in [2.05, 4.69) is 9.97 Å². The van der Waals surface area contributed by atoms with Crippen LogP contribution in [-0.2, 0) is 22.5 Å². The van der Waals surface area contributed by atoms with E-state index >= 15 is 0 Å². The van der Waals surface area contributed by atoms with E-state index < -0.39 is 0 Å². The predicted octanol–water partition coefficient (Wildman–Crippen LogP) is 2.19. The lowest BCUT2D eigenvalue weighted by Gasteiger charge is -2.28. The highest BCUT2D eigenvalue weighted by molar-refractivity contribution is 6.30. The number of fused-ring (bicyclic) bond motifs is 1. The first kappa shape index (κ1) is 17.9. The predicted molar refractivity (Wildman–Crippen MR) is 97.5 cm³/mol. The number of imidazole rings is 1. The lowest BCUT2D eigenvalue weighted by atomic mass is 10.1. The Labute approximate surface area is 152 Å². The molecular formula is C18H23ClN4O2. The van der Waals surface area contributed by atoms with Crippen molar-refractivity contribution < 1.29 is 9.53 Å². The summed E-state index contributed by atoms with van der Waals surface area (Å²) in [7, 11) is 3.60. The maximum atomic E-state index is 12.5. The minimum Gasteiger partial charge on any atom is -0.383 e. The zero-order chi connectivity index (χ0) is 17.8. The van der Waals surface area contributed by atoms with Crippen molar-refractivity contribution in [3.63, 3.8) is 0 Å². The topological polar surface area (TPSA) is 61.5 Å². The summed E-state index contributed by atoms with van der Waals surface area (Å²) in [5.74, 6) is 0.958. The van der Waals surface area contributed by atoms with Crippen LogP contribution in [-0.4, -0.2) is 66.1 Å². The number of likely N-dealkylation sites (N-methyl/N-ethyl adjacent to an activating group) is 1. The van der Waals surface area contributed by atoms with Crippen LogP contribution in [0.5, 0.6) is 0 Å². The second-order valence-corrected chi connectivity index (χ2v) is 6.75. The molecule has 1 aromatic heterocycles. The molecule has 2 heterocycles. The van der Waals surface area contributed by atoms with Crippen molar-refractivity contribution in [1.29, 1.82) is 0 Å². The summed E-state index contributed by atoms with van der Waals surface area (Å²) < 4.78 is 5.05. The zero-order valence-corrected chi connectivity index (χ0v) is 15.3. The van der Waals surface area contributed by atoms with Crippen LogP contribution in [0.1, 0.15) is 11.4 Å². The Hall–Kier alpha value is -1.89. The fraction of sp³-hybridized carbons (Fsp3) is 0.444. The van der Waals surface area contributed by atoms with Crippen LogP contribution in [0.4, 0.5) is 0 Å². The maximum Gasteiger partial charge on any atom is 0.237 e. The Bertz CT molecular complexity index is 729. The Kier molecular flexibility index (Phi) is 5.73. The van der Waals surface area contributed by atoms with Gasteiger partial charge in [-0.05, 0) is 31.3 Å². The molecule has 0 fully saturated rings. The highest BCUT2D eigenvalue weighted by Gasteiger charge is 2.24. The van der Waals surface area contributed by atoms with Gasteiger partial charge in [0, 0.05) is 37.2 Å². The van der Waals surface area contributed by atoms with Gasteiger partial charge in [-0.3, -0.25) is 9.69 Å². The first-order valence-corrected chi connectivity index (χ1v) is 8.73. The fourth-order valence-electron chi connectivity index (χ4n) is 2.91. The molecule has 0 spiro atoms. The molecule has 0 radical (unpaired) electrons. The largest absolute Gasteiger partial charge is 0.383 e. The second-order valence-electron chi connectivity index (χ2n) is 6.31. The number of hydrogen-bond acceptors (Lipinski definition) is 4. The number of nitrogens with zero attached hydrogens (tertiary/aromatic N) is 3. The number of nitrogens with one attached hydrogen (secondary N) is 1. The molecule has 7 heteroatoms. The van der Waals surface area contributed by atoms with Crippen LogP contribution in [0.25, 0.3) is 11.4 Å². The zero-order valence-electron chi connectivity index (χ0n) is 14.6. The maximum absolute atomic E-state index is 12.5. The Morgan fingerprint density at radius 1 is 1.40 bits per heavy atom. The summed E-state index contributed by atoms with van der Waals surface area (Å²) in [6.07, 6.45) is 0.771. The number of rotatable bonds is 6. The first-order valence-electron chi connectivity index (χ1n) is 8.36. The summed E-state index contributed by atoms with van der Waals surface area (Å²) >= 11 is 5.94. The smallest absolute Gasteiger partial charge is 0.237 e. The van der Waals surface area contributed by atoms with Crippen molar-refractivity contribution in [2.24, 2.45) is 0 Å². The molecule has 0 bridgehead atoms. The van der Waals surface area contributed by atoms with Crippen LogP contribution in [0.15, 0.2) is 24.3 Å². The van der Waals surface area contributed by atoms with Crippen LogP contribution in [0, 0.1) is 0 Å². The number of benzene rings is 1.